The average Bonchev–Trinajstić information content (AvgIpc) is 2.48. The lowest BCUT2D eigenvalue weighted by molar-refractivity contribution is 0.636. The molecule has 0 unspecified atom stereocenters. The third-order valence-electron chi connectivity index (χ3n) is 3.35. The van der Waals surface area contributed by atoms with Crippen LogP contribution in [0.25, 0.3) is 0 Å². The number of aromatic amines is 1. The van der Waals surface area contributed by atoms with Crippen molar-refractivity contribution < 1.29 is 0 Å². The molecule has 7 nitrogen and oxygen atoms in total. The zero-order valence-electron chi connectivity index (χ0n) is 11.3. The molecule has 0 bridgehead atoms. The Hall–Kier alpha value is -2.44. The van der Waals surface area contributed by atoms with E-state index in [0.717, 1.165) is 43.6 Å². The Bertz CT molecular complexity index is 627. The molecule has 1 aliphatic heterocycles. The van der Waals surface area contributed by atoms with Gasteiger partial charge in [0.2, 0.25) is 0 Å². The van der Waals surface area contributed by atoms with Gasteiger partial charge in [-0.25, -0.2) is 15.1 Å². The molecule has 1 saturated heterocycles. The number of aromatic nitrogens is 4. The van der Waals surface area contributed by atoms with Crippen LogP contribution in [0.5, 0.6) is 0 Å². The van der Waals surface area contributed by atoms with Crippen LogP contribution in [0.15, 0.2) is 29.2 Å². The minimum Gasteiger partial charge on any atom is -0.353 e. The molecule has 2 aromatic rings. The number of H-pyrrole nitrogens is 1. The van der Waals surface area contributed by atoms with Crippen LogP contribution in [0.4, 0.5) is 11.6 Å². The second kappa shape index (κ2) is 5.28. The second-order valence-corrected chi connectivity index (χ2v) is 4.72. The van der Waals surface area contributed by atoms with Gasteiger partial charge in [0.1, 0.15) is 17.5 Å². The quantitative estimate of drug-likeness (QED) is 0.841. The fourth-order valence-electron chi connectivity index (χ4n) is 2.30. The fraction of sp³-hybridized carbons (Fsp3) is 0.385. The number of hydrogen-bond acceptors (Lipinski definition) is 6. The van der Waals surface area contributed by atoms with E-state index >= 15 is 0 Å². The molecule has 0 spiro atoms. The van der Waals surface area contributed by atoms with Gasteiger partial charge in [0.25, 0.3) is 5.56 Å². The highest BCUT2D eigenvalue weighted by Gasteiger charge is 2.19. The largest absolute Gasteiger partial charge is 0.353 e. The Morgan fingerprint density at radius 2 is 1.75 bits per heavy atom. The predicted octanol–water partition coefficient (Wildman–Crippen LogP) is 0.195. The molecule has 0 aliphatic carbocycles. The molecule has 0 radical (unpaired) electrons. The van der Waals surface area contributed by atoms with Crippen LogP contribution in [0, 0.1) is 6.92 Å². The highest BCUT2D eigenvalue weighted by atomic mass is 16.1. The van der Waals surface area contributed by atoms with Crippen LogP contribution in [0.1, 0.15) is 5.82 Å². The number of nitrogens with zero attached hydrogens (tertiary/aromatic N) is 5. The lowest BCUT2D eigenvalue weighted by Gasteiger charge is -2.35. The number of aryl methyl sites for hydroxylation is 1. The van der Waals surface area contributed by atoms with Crippen LogP contribution in [0.3, 0.4) is 0 Å². The third-order valence-corrected chi connectivity index (χ3v) is 3.35. The maximum atomic E-state index is 11.0. The van der Waals surface area contributed by atoms with Crippen LogP contribution in [-0.4, -0.2) is 46.3 Å². The Morgan fingerprint density at radius 1 is 1.05 bits per heavy atom. The van der Waals surface area contributed by atoms with Gasteiger partial charge in [-0.2, -0.15) is 5.10 Å². The zero-order valence-corrected chi connectivity index (χ0v) is 11.3. The molecule has 2 aromatic heterocycles. The molecule has 1 N–H and O–H groups in total. The SMILES string of the molecule is Cc1nccc(N2CCN(c3ccc(=O)[nH]n3)CC2)n1. The normalized spacial score (nSPS) is 15.4. The van der Waals surface area contributed by atoms with E-state index in [-0.39, 0.29) is 5.56 Å². The molecule has 7 heteroatoms. The molecule has 0 saturated carbocycles. The summed E-state index contributed by atoms with van der Waals surface area (Å²) in [5, 5.41) is 6.52. The fourth-order valence-corrected chi connectivity index (χ4v) is 2.30. The maximum absolute atomic E-state index is 11.0. The summed E-state index contributed by atoms with van der Waals surface area (Å²) in [6.45, 7) is 5.34. The Labute approximate surface area is 116 Å². The van der Waals surface area contributed by atoms with Gasteiger partial charge in [-0.15, -0.1) is 0 Å². The van der Waals surface area contributed by atoms with Crippen molar-refractivity contribution in [2.24, 2.45) is 0 Å². The maximum Gasteiger partial charge on any atom is 0.264 e. The van der Waals surface area contributed by atoms with Crippen LogP contribution in [-0.2, 0) is 0 Å². The van der Waals surface area contributed by atoms with Crippen molar-refractivity contribution in [2.45, 2.75) is 6.92 Å². The van der Waals surface area contributed by atoms with Gasteiger partial charge in [0.15, 0.2) is 0 Å². The molecule has 1 fully saturated rings. The lowest BCUT2D eigenvalue weighted by Crippen LogP contribution is -2.47. The van der Waals surface area contributed by atoms with Crippen molar-refractivity contribution in [1.29, 1.82) is 0 Å². The number of piperazine rings is 1. The zero-order chi connectivity index (χ0) is 13.9. The van der Waals surface area contributed by atoms with Gasteiger partial charge in [-0.1, -0.05) is 0 Å². The first-order chi connectivity index (χ1) is 9.72. The van der Waals surface area contributed by atoms with Crippen LogP contribution < -0.4 is 15.4 Å². The van der Waals surface area contributed by atoms with Crippen molar-refractivity contribution in [3.05, 3.63) is 40.6 Å². The van der Waals surface area contributed by atoms with E-state index in [1.54, 1.807) is 12.3 Å². The molecule has 3 heterocycles. The van der Waals surface area contributed by atoms with Crippen molar-refractivity contribution >= 4 is 11.6 Å². The molecule has 104 valence electrons. The summed E-state index contributed by atoms with van der Waals surface area (Å²) in [6, 6.07) is 5.19. The summed E-state index contributed by atoms with van der Waals surface area (Å²) < 4.78 is 0. The van der Waals surface area contributed by atoms with Crippen LogP contribution in [0.2, 0.25) is 0 Å². The smallest absolute Gasteiger partial charge is 0.264 e. The second-order valence-electron chi connectivity index (χ2n) is 4.72. The molecule has 1 aliphatic rings. The summed E-state index contributed by atoms with van der Waals surface area (Å²) >= 11 is 0. The third kappa shape index (κ3) is 2.61. The Morgan fingerprint density at radius 3 is 2.35 bits per heavy atom. The Kier molecular flexibility index (Phi) is 3.32. The highest BCUT2D eigenvalue weighted by molar-refractivity contribution is 5.43. The van der Waals surface area contributed by atoms with Gasteiger partial charge < -0.3 is 9.80 Å². The van der Waals surface area contributed by atoms with Crippen molar-refractivity contribution in [3.63, 3.8) is 0 Å². The van der Waals surface area contributed by atoms with Crippen molar-refractivity contribution in [3.8, 4) is 0 Å². The van der Waals surface area contributed by atoms with Gasteiger partial charge in [-0.05, 0) is 19.1 Å². The number of rotatable bonds is 2. The van der Waals surface area contributed by atoms with Gasteiger partial charge in [0, 0.05) is 38.4 Å². The molecule has 20 heavy (non-hydrogen) atoms. The van der Waals surface area contributed by atoms with Crippen LogP contribution >= 0.6 is 0 Å². The van der Waals surface area contributed by atoms with E-state index in [1.807, 2.05) is 13.0 Å². The lowest BCUT2D eigenvalue weighted by atomic mass is 10.3. The minimum absolute atomic E-state index is 0.177. The first kappa shape index (κ1) is 12.6. The van der Waals surface area contributed by atoms with Gasteiger partial charge >= 0.3 is 0 Å². The summed E-state index contributed by atoms with van der Waals surface area (Å²) in [4.78, 5) is 24.0. The molecule has 0 atom stereocenters. The Balaban J connectivity index is 1.67. The number of anilines is 2. The summed E-state index contributed by atoms with van der Waals surface area (Å²) in [5.41, 5.74) is -0.177. The first-order valence-corrected chi connectivity index (χ1v) is 6.58. The number of nitrogens with one attached hydrogen (secondary N) is 1. The van der Waals surface area contributed by atoms with E-state index in [2.05, 4.69) is 30.0 Å². The van der Waals surface area contributed by atoms with E-state index < -0.39 is 0 Å². The minimum atomic E-state index is -0.177. The summed E-state index contributed by atoms with van der Waals surface area (Å²) in [6.07, 6.45) is 1.79. The summed E-state index contributed by atoms with van der Waals surface area (Å²) in [5.74, 6) is 2.56. The van der Waals surface area contributed by atoms with Crippen molar-refractivity contribution in [2.75, 3.05) is 36.0 Å². The van der Waals surface area contributed by atoms with E-state index in [9.17, 15) is 4.79 Å². The van der Waals surface area contributed by atoms with Gasteiger partial charge in [0.05, 0.1) is 0 Å². The molecular weight excluding hydrogens is 256 g/mol. The van der Waals surface area contributed by atoms with Gasteiger partial charge in [-0.3, -0.25) is 4.79 Å². The topological polar surface area (TPSA) is 78.0 Å². The average molecular weight is 272 g/mol. The highest BCUT2D eigenvalue weighted by Crippen LogP contribution is 2.16. The molecular formula is C13H16N6O. The van der Waals surface area contributed by atoms with E-state index in [1.165, 1.54) is 6.07 Å². The molecule has 0 amide bonds. The van der Waals surface area contributed by atoms with E-state index in [4.69, 9.17) is 0 Å². The van der Waals surface area contributed by atoms with Crippen molar-refractivity contribution in [1.82, 2.24) is 20.2 Å². The monoisotopic (exact) mass is 272 g/mol. The standard InChI is InChI=1S/C13H16N6O/c1-10-14-5-4-11(15-10)18-6-8-19(9-7-18)12-2-3-13(20)17-16-12/h2-5H,6-9H2,1H3,(H,17,20). The van der Waals surface area contributed by atoms with E-state index in [0.29, 0.717) is 0 Å². The molecule has 0 aromatic carbocycles. The first-order valence-electron chi connectivity index (χ1n) is 6.58. The number of hydrogen-bond donors (Lipinski definition) is 1. The predicted molar refractivity (Wildman–Crippen MR) is 76.1 cm³/mol. The molecule has 3 rings (SSSR count). The summed E-state index contributed by atoms with van der Waals surface area (Å²) in [7, 11) is 0.